The van der Waals surface area contributed by atoms with Crippen molar-refractivity contribution >= 4 is 178 Å². The first-order valence-corrected chi connectivity index (χ1v) is 42.1. The monoisotopic (exact) mass is 1770 g/mol. The van der Waals surface area contributed by atoms with E-state index in [-0.39, 0.29) is 127 Å². The van der Waals surface area contributed by atoms with E-state index < -0.39 is 63.3 Å². The lowest BCUT2D eigenvalue weighted by molar-refractivity contribution is -0.140. The quantitative estimate of drug-likeness (QED) is 0.0103. The molecule has 0 saturated heterocycles. The highest BCUT2D eigenvalue weighted by Crippen LogP contribution is 2.40. The van der Waals surface area contributed by atoms with Crippen LogP contribution in [0.5, 0.6) is 0 Å². The van der Waals surface area contributed by atoms with Gasteiger partial charge in [-0.3, -0.25) is 38.3 Å². The predicted molar refractivity (Wildman–Crippen MR) is 458 cm³/mol. The molecule has 3 aliphatic rings. The zero-order valence-corrected chi connectivity index (χ0v) is 70.5. The Hall–Kier alpha value is -11.1. The highest BCUT2D eigenvalue weighted by molar-refractivity contribution is 7.99. The number of carbonyl (C=O) groups is 9. The topological polar surface area (TPSA) is 364 Å². The average Bonchev–Trinajstić information content (AvgIpc) is 1.62. The van der Waals surface area contributed by atoms with Crippen molar-refractivity contribution in [2.75, 3.05) is 39.0 Å². The number of amides is 6. The minimum atomic E-state index is -2.49. The summed E-state index contributed by atoms with van der Waals surface area (Å²) < 4.78 is 23.8. The molecule has 4 atom stereocenters. The Bertz CT molecular complexity index is 5790. The fourth-order valence-corrected chi connectivity index (χ4v) is 16.9. The Labute approximate surface area is 719 Å². The largest absolute Gasteiger partial charge is 0.480 e. The summed E-state index contributed by atoms with van der Waals surface area (Å²) in [5.74, 6) is -2.09. The van der Waals surface area contributed by atoms with E-state index in [0.29, 0.717) is 105 Å². The number of furan rings is 2. The van der Waals surface area contributed by atoms with Gasteiger partial charge in [-0.2, -0.15) is 5.26 Å². The molecule has 618 valence electrons. The third kappa shape index (κ3) is 21.5. The second kappa shape index (κ2) is 39.2. The van der Waals surface area contributed by atoms with Gasteiger partial charge in [0, 0.05) is 91.2 Å². The van der Waals surface area contributed by atoms with Gasteiger partial charge in [0.1, 0.15) is 29.3 Å². The Morgan fingerprint density at radius 2 is 0.950 bits per heavy atom. The van der Waals surface area contributed by atoms with Crippen LogP contribution in [0.3, 0.4) is 0 Å². The number of carboxylic acid groups (broad SMARTS) is 3. The van der Waals surface area contributed by atoms with Gasteiger partial charge in [-0.05, 0) is 176 Å². The van der Waals surface area contributed by atoms with E-state index in [0.717, 1.165) is 33.9 Å². The van der Waals surface area contributed by atoms with Crippen LogP contribution in [0.2, 0.25) is 35.2 Å². The first-order chi connectivity index (χ1) is 56.7. The highest BCUT2D eigenvalue weighted by atomic mass is 35.5. The van der Waals surface area contributed by atoms with Crippen molar-refractivity contribution in [2.45, 2.75) is 108 Å². The van der Waals surface area contributed by atoms with Crippen LogP contribution in [0.15, 0.2) is 170 Å². The molecular formula is C86H79Cl7N10O15S. The Morgan fingerprint density at radius 3 is 1.35 bits per heavy atom. The van der Waals surface area contributed by atoms with Crippen LogP contribution in [0.1, 0.15) is 146 Å². The predicted octanol–water partition coefficient (Wildman–Crippen LogP) is 15.0. The van der Waals surface area contributed by atoms with Gasteiger partial charge in [0.05, 0.1) is 53.4 Å². The Morgan fingerprint density at radius 1 is 0.538 bits per heavy atom. The van der Waals surface area contributed by atoms with Crippen LogP contribution < -0.4 is 26.6 Å². The summed E-state index contributed by atoms with van der Waals surface area (Å²) in [4.78, 5) is 124. The summed E-state index contributed by atoms with van der Waals surface area (Å²) in [6.07, 6.45) is 5.19. The molecule has 0 spiro atoms. The summed E-state index contributed by atoms with van der Waals surface area (Å²) in [6, 6.07) is 40.0. The van der Waals surface area contributed by atoms with Crippen molar-refractivity contribution in [1.29, 1.82) is 5.26 Å². The van der Waals surface area contributed by atoms with Crippen molar-refractivity contribution in [3.8, 4) is 6.19 Å². The third-order valence-corrected chi connectivity index (χ3v) is 23.6. The van der Waals surface area contributed by atoms with Crippen LogP contribution in [-0.4, -0.2) is 157 Å². The van der Waals surface area contributed by atoms with E-state index >= 15 is 0 Å². The van der Waals surface area contributed by atoms with Gasteiger partial charge < -0.3 is 60.1 Å². The lowest BCUT2D eigenvalue weighted by Gasteiger charge is -2.30. The van der Waals surface area contributed by atoms with Crippen LogP contribution in [-0.2, 0) is 75.6 Å². The van der Waals surface area contributed by atoms with E-state index in [1.807, 2.05) is 67.6 Å². The van der Waals surface area contributed by atoms with Gasteiger partial charge in [-0.15, -0.1) is 0 Å². The molecule has 0 fully saturated rings. The fourth-order valence-electron chi connectivity index (χ4n) is 13.7. The number of aliphatic imine (C=N–C) groups is 1. The number of nitriles is 1. The number of halogens is 7. The second-order valence-corrected chi connectivity index (χ2v) is 34.0. The maximum absolute atomic E-state index is 13.3. The maximum Gasteiger partial charge on any atom is 0.328 e. The first kappa shape index (κ1) is 88.7. The third-order valence-electron chi connectivity index (χ3n) is 20.0. The molecule has 0 radical (unpaired) electrons. The Kier molecular flexibility index (Phi) is 29.2. The number of guanidine groups is 1. The molecule has 5 heterocycles. The van der Waals surface area contributed by atoms with E-state index in [9.17, 15) is 62.7 Å². The van der Waals surface area contributed by atoms with Crippen molar-refractivity contribution < 1.29 is 71.5 Å². The van der Waals surface area contributed by atoms with Gasteiger partial charge >= 0.3 is 17.9 Å². The number of fused-ring (bicyclic) bond motifs is 5. The molecule has 0 saturated carbocycles. The van der Waals surface area contributed by atoms with Gasteiger partial charge in [-0.25, -0.2) is 19.4 Å². The minimum absolute atomic E-state index is 0.0170. The number of hydrogen-bond donors (Lipinski definition) is 8. The van der Waals surface area contributed by atoms with E-state index in [2.05, 4.69) is 51.3 Å². The molecule has 1 unspecified atom stereocenters. The number of nitrogens with zero attached hydrogens (tertiary/aromatic N) is 5. The average molecular weight is 1770 g/mol. The summed E-state index contributed by atoms with van der Waals surface area (Å²) in [5.41, 5.74) is 8.30. The molecule has 13 rings (SSSR count). The van der Waals surface area contributed by atoms with Crippen molar-refractivity contribution in [3.63, 3.8) is 0 Å². The number of nitrogens with one attached hydrogen (secondary N) is 5. The number of rotatable bonds is 22. The Balaban J connectivity index is 0.000000175. The van der Waals surface area contributed by atoms with Gasteiger partial charge in [-0.1, -0.05) is 175 Å². The highest BCUT2D eigenvalue weighted by Gasteiger charge is 2.35. The number of benzene rings is 8. The van der Waals surface area contributed by atoms with Crippen molar-refractivity contribution in [2.24, 2.45) is 4.99 Å². The standard InChI is InChI=1S/C31H28Cl2N2O5.C28H25Cl3N2O5S.C27H26Cl2N6O5/c1-17(2)19-8-5-6-18(12-19)13-24(31(38)39)34-29(36)27-23(32)14-21-16-35(11-10-22(21)28(27)33)30(37)26-15-20-7-3-4-9-25(20)40-26;1-39(2,38)20-5-3-4-16(12-20)13-23(28(36)37)32-26(34)24-22(30)14-18-15-33(11-10-21(18)25(24)31)27(35)17-6-8-19(29)9-7-17;1-2-8-31-27(33-14-30)32-12-19(26(38)39)34-24(36)22-18(28)10-16-13-35(9-7-17(16)23(22)29)25(37)21-11-15-5-3-4-6-20(15)40-21/h3-9,12,14-15,17,24H,10-11,13,16H2,1-2H3,(H,34,36)(H,38,39);3-9,12,14,23H,1,10-11,13,15H2,2H3,(H,32,34)(H,36,37);3-6,10-11,19H,2,7-9,12-13H2,1H3,(H,34,36)(H,38,39)(H2,31,32,33)/t24-;23-,39?;19-/m000/s1. The maximum atomic E-state index is 13.3. The molecule has 0 bridgehead atoms. The lowest BCUT2D eigenvalue weighted by atomic mass is 9.95. The van der Waals surface area contributed by atoms with E-state index in [4.69, 9.17) is 95.3 Å². The summed E-state index contributed by atoms with van der Waals surface area (Å²) in [6.45, 7) is 7.98. The fraction of sp³-hybridized carbons (Fsp3) is 0.256. The minimum Gasteiger partial charge on any atom is -0.480 e. The van der Waals surface area contributed by atoms with E-state index in [1.54, 1.807) is 112 Å². The molecule has 10 aromatic rings. The zero-order valence-electron chi connectivity index (χ0n) is 64.4. The first-order valence-electron chi connectivity index (χ1n) is 37.3. The van der Waals surface area contributed by atoms with Crippen LogP contribution >= 0.6 is 81.2 Å². The number of hydrogen-bond acceptors (Lipinski definition) is 14. The molecule has 2 aromatic heterocycles. The molecule has 3 aliphatic heterocycles. The van der Waals surface area contributed by atoms with Gasteiger partial charge in [0.2, 0.25) is 5.96 Å². The number of carbonyl (C=O) groups excluding carboxylic acids is 6. The van der Waals surface area contributed by atoms with Crippen molar-refractivity contribution in [1.82, 2.24) is 41.3 Å². The number of carboxylic acids is 3. The summed E-state index contributed by atoms with van der Waals surface area (Å²) >= 11 is 45.3. The molecule has 8 N–H and O–H groups in total. The normalized spacial score (nSPS) is 14.2. The van der Waals surface area contributed by atoms with Crippen LogP contribution in [0.25, 0.3) is 21.9 Å². The summed E-state index contributed by atoms with van der Waals surface area (Å²) in [5, 5.41) is 53.6. The molecule has 119 heavy (non-hydrogen) atoms. The second-order valence-electron chi connectivity index (χ2n) is 28.7. The molecule has 8 aromatic carbocycles. The molecule has 0 aliphatic carbocycles. The molecule has 33 heteroatoms. The zero-order chi connectivity index (χ0) is 85.8. The van der Waals surface area contributed by atoms with Crippen LogP contribution in [0, 0.1) is 11.5 Å². The van der Waals surface area contributed by atoms with Crippen molar-refractivity contribution in [3.05, 3.63) is 271 Å². The van der Waals surface area contributed by atoms with Crippen LogP contribution in [0.4, 0.5) is 0 Å². The SMILES string of the molecule is C=S(C)(=O)c1cccc(C[C@H](NC(=O)c2c(Cl)cc3c(c2Cl)CCN(C(=O)c2ccc(Cl)cc2)C3)C(=O)O)c1.CC(C)c1cccc(C[C@H](NC(=O)c2c(Cl)cc3c(c2Cl)CCN(C(=O)c2cc4ccccc4o2)C3)C(=O)O)c1.CCCNC(=NC[C@H](NC(=O)c1c(Cl)cc2c(c1Cl)CCN(C(=O)c1cc3ccccc3o1)C2)C(=O)O)NC#N. The smallest absolute Gasteiger partial charge is 0.328 e. The van der Waals surface area contributed by atoms with E-state index in [1.165, 1.54) is 6.26 Å². The number of aliphatic carboxylic acids is 3. The molecular weight excluding hydrogens is 1690 g/mol. The lowest BCUT2D eigenvalue weighted by Crippen LogP contribution is -2.44. The molecule has 25 nitrogen and oxygen atoms in total. The number of para-hydroxylation sites is 2. The van der Waals surface area contributed by atoms with Gasteiger partial charge in [0.15, 0.2) is 17.7 Å². The van der Waals surface area contributed by atoms with Gasteiger partial charge in [0.25, 0.3) is 35.4 Å². The summed E-state index contributed by atoms with van der Waals surface area (Å²) in [7, 11) is -2.49. The molecule has 6 amide bonds.